The first-order valence-electron chi connectivity index (χ1n) is 10.5. The molecule has 10 nitrogen and oxygen atoms in total. The number of sulfone groups is 1. The van der Waals surface area contributed by atoms with Crippen LogP contribution >= 0.6 is 23.4 Å². The van der Waals surface area contributed by atoms with Gasteiger partial charge in [-0.25, -0.2) is 13.2 Å². The second kappa shape index (κ2) is 10.2. The van der Waals surface area contributed by atoms with Gasteiger partial charge in [0.25, 0.3) is 0 Å². The molecule has 0 aliphatic carbocycles. The second-order valence-corrected chi connectivity index (χ2v) is 12.6. The Morgan fingerprint density at radius 1 is 1.21 bits per heavy atom. The molecule has 0 radical (unpaired) electrons. The van der Waals surface area contributed by atoms with Gasteiger partial charge in [0.15, 0.2) is 15.0 Å². The summed E-state index contributed by atoms with van der Waals surface area (Å²) in [6.07, 6.45) is -0.673. The van der Waals surface area contributed by atoms with E-state index < -0.39 is 33.5 Å². The van der Waals surface area contributed by atoms with Crippen LogP contribution in [0.1, 0.15) is 27.2 Å². The number of thioether (sulfide) groups is 1. The summed E-state index contributed by atoms with van der Waals surface area (Å²) in [5.41, 5.74) is -0.157. The highest BCUT2D eigenvalue weighted by atomic mass is 35.5. The highest BCUT2D eigenvalue weighted by Gasteiger charge is 2.50. The summed E-state index contributed by atoms with van der Waals surface area (Å²) in [7, 11) is -0.292. The molecule has 0 saturated carbocycles. The molecule has 0 bridgehead atoms. The Bertz CT molecular complexity index is 1100. The number of aliphatic imine (C=N–C) groups is 1. The number of halogens is 1. The van der Waals surface area contributed by atoms with Gasteiger partial charge in [-0.1, -0.05) is 23.4 Å². The molecule has 0 spiro atoms. The first-order chi connectivity index (χ1) is 15.8. The summed E-state index contributed by atoms with van der Waals surface area (Å²) in [5.74, 6) is 0.236. The van der Waals surface area contributed by atoms with Gasteiger partial charge in [-0.15, -0.1) is 0 Å². The first kappa shape index (κ1) is 26.4. The fraction of sp³-hybridized carbons (Fsp3) is 0.571. The van der Waals surface area contributed by atoms with Gasteiger partial charge in [0, 0.05) is 24.3 Å². The molecule has 2 aliphatic rings. The predicted molar refractivity (Wildman–Crippen MR) is 132 cm³/mol. The number of carbonyl (C=O) groups is 2. The summed E-state index contributed by atoms with van der Waals surface area (Å²) in [5, 5.41) is 2.89. The molecule has 0 aromatic heterocycles. The average molecular weight is 534 g/mol. The van der Waals surface area contributed by atoms with E-state index in [1.807, 2.05) is 0 Å². The van der Waals surface area contributed by atoms with Crippen LogP contribution in [-0.2, 0) is 19.4 Å². The first-order valence-corrected chi connectivity index (χ1v) is 13.6. The zero-order valence-corrected chi connectivity index (χ0v) is 22.0. The number of hydrogen-bond donors (Lipinski definition) is 1. The van der Waals surface area contributed by atoms with Crippen molar-refractivity contribution in [3.8, 4) is 11.5 Å². The molecule has 3 rings (SSSR count). The standard InChI is InChI=1S/C21H28ClN3O7S2/c1-21(2,3)32-20(27)23-7-6-18(26)24-19-25(14-10-34(28,29)11-17(14)33-19)13-8-12(22)15(30-4)9-16(13)31-5/h8-9,14,17H,6-7,10-11H2,1-5H3,(H,23,27)/t14-,17+/m1/s1. The van der Waals surface area contributed by atoms with E-state index in [0.717, 1.165) is 0 Å². The van der Waals surface area contributed by atoms with Crippen molar-refractivity contribution in [3.63, 3.8) is 0 Å². The quantitative estimate of drug-likeness (QED) is 0.587. The zero-order chi connectivity index (χ0) is 25.3. The van der Waals surface area contributed by atoms with E-state index in [-0.39, 0.29) is 29.7 Å². The number of nitrogens with one attached hydrogen (secondary N) is 1. The molecule has 34 heavy (non-hydrogen) atoms. The lowest BCUT2D eigenvalue weighted by Crippen LogP contribution is -2.38. The van der Waals surface area contributed by atoms with Gasteiger partial charge in [0.05, 0.1) is 42.5 Å². The van der Waals surface area contributed by atoms with E-state index in [9.17, 15) is 18.0 Å². The van der Waals surface area contributed by atoms with Crippen LogP contribution < -0.4 is 19.7 Å². The molecule has 1 N–H and O–H groups in total. The molecule has 2 saturated heterocycles. The third-order valence-electron chi connectivity index (χ3n) is 5.01. The number of fused-ring (bicyclic) bond motifs is 1. The fourth-order valence-electron chi connectivity index (χ4n) is 3.63. The number of ether oxygens (including phenoxy) is 3. The van der Waals surface area contributed by atoms with E-state index in [1.165, 1.54) is 26.0 Å². The molecule has 13 heteroatoms. The van der Waals surface area contributed by atoms with E-state index >= 15 is 0 Å². The van der Waals surface area contributed by atoms with Gasteiger partial charge in [-0.05, 0) is 26.8 Å². The van der Waals surface area contributed by atoms with Crippen molar-refractivity contribution in [2.24, 2.45) is 4.99 Å². The van der Waals surface area contributed by atoms with E-state index in [1.54, 1.807) is 37.8 Å². The van der Waals surface area contributed by atoms with Crippen LogP contribution in [0, 0.1) is 0 Å². The van der Waals surface area contributed by atoms with Gasteiger partial charge in [-0.2, -0.15) is 4.99 Å². The third-order valence-corrected chi connectivity index (χ3v) is 8.51. The van der Waals surface area contributed by atoms with Crippen molar-refractivity contribution >= 4 is 56.1 Å². The van der Waals surface area contributed by atoms with Crippen LogP contribution in [0.15, 0.2) is 17.1 Å². The Morgan fingerprint density at radius 2 is 1.88 bits per heavy atom. The van der Waals surface area contributed by atoms with Crippen LogP contribution in [0.5, 0.6) is 11.5 Å². The number of rotatable bonds is 6. The third kappa shape index (κ3) is 6.28. The van der Waals surface area contributed by atoms with E-state index in [4.69, 9.17) is 25.8 Å². The summed E-state index contributed by atoms with van der Waals surface area (Å²) in [6.45, 7) is 5.28. The number of amides is 2. The summed E-state index contributed by atoms with van der Waals surface area (Å²) in [4.78, 5) is 30.3. The smallest absolute Gasteiger partial charge is 0.407 e. The highest BCUT2D eigenvalue weighted by Crippen LogP contribution is 2.46. The maximum atomic E-state index is 12.6. The van der Waals surface area contributed by atoms with Crippen LogP contribution in [0.3, 0.4) is 0 Å². The average Bonchev–Trinajstić information content (AvgIpc) is 3.16. The van der Waals surface area contributed by atoms with Gasteiger partial charge >= 0.3 is 6.09 Å². The Labute approximate surface area is 208 Å². The molecule has 2 aliphatic heterocycles. The minimum atomic E-state index is -3.24. The Balaban J connectivity index is 1.84. The number of methoxy groups -OCH3 is 2. The fourth-order valence-corrected chi connectivity index (χ4v) is 7.79. The molecule has 2 atom stereocenters. The normalized spacial score (nSPS) is 22.4. The molecule has 0 unspecified atom stereocenters. The monoisotopic (exact) mass is 533 g/mol. The zero-order valence-electron chi connectivity index (χ0n) is 19.6. The topological polar surface area (TPSA) is 124 Å². The van der Waals surface area contributed by atoms with E-state index in [2.05, 4.69) is 10.3 Å². The maximum Gasteiger partial charge on any atom is 0.407 e. The van der Waals surface area contributed by atoms with Crippen molar-refractivity contribution in [2.75, 3.05) is 37.2 Å². The van der Waals surface area contributed by atoms with Crippen molar-refractivity contribution < 1.29 is 32.2 Å². The van der Waals surface area contributed by atoms with Crippen molar-refractivity contribution in [2.45, 2.75) is 44.1 Å². The Morgan fingerprint density at radius 3 is 2.50 bits per heavy atom. The van der Waals surface area contributed by atoms with Gasteiger partial charge in [0.1, 0.15) is 17.1 Å². The number of anilines is 1. The second-order valence-electron chi connectivity index (χ2n) is 8.80. The number of benzene rings is 1. The number of carbonyl (C=O) groups excluding carboxylic acids is 2. The largest absolute Gasteiger partial charge is 0.495 e. The molecule has 2 heterocycles. The van der Waals surface area contributed by atoms with Crippen LogP contribution in [0.4, 0.5) is 10.5 Å². The molecular formula is C21H28ClN3O7S2. The summed E-state index contributed by atoms with van der Waals surface area (Å²) < 4.78 is 40.5. The van der Waals surface area contributed by atoms with Crippen LogP contribution in [-0.4, -0.2) is 74.7 Å². The minimum Gasteiger partial charge on any atom is -0.495 e. The lowest BCUT2D eigenvalue weighted by Gasteiger charge is -2.27. The van der Waals surface area contributed by atoms with Crippen LogP contribution in [0.25, 0.3) is 0 Å². The SMILES string of the molecule is COc1cc(OC)c(N2C(=NC(=O)CCNC(=O)OC(C)(C)C)S[C@H]3CS(=O)(=O)C[C@H]32)cc1Cl. The Kier molecular flexibility index (Phi) is 7.93. The van der Waals surface area contributed by atoms with E-state index in [0.29, 0.717) is 27.4 Å². The van der Waals surface area contributed by atoms with Crippen LogP contribution in [0.2, 0.25) is 5.02 Å². The lowest BCUT2D eigenvalue weighted by molar-refractivity contribution is -0.117. The minimum absolute atomic E-state index is 0.0154. The van der Waals surface area contributed by atoms with Crippen molar-refractivity contribution in [1.29, 1.82) is 0 Å². The van der Waals surface area contributed by atoms with Gasteiger partial charge in [-0.3, -0.25) is 4.79 Å². The number of nitrogens with zero attached hydrogens (tertiary/aromatic N) is 2. The maximum absolute atomic E-state index is 12.6. The van der Waals surface area contributed by atoms with Crippen molar-refractivity contribution in [3.05, 3.63) is 17.2 Å². The molecular weight excluding hydrogens is 506 g/mol. The molecule has 1 aromatic carbocycles. The summed E-state index contributed by atoms with van der Waals surface area (Å²) >= 11 is 7.57. The number of amidine groups is 1. The highest BCUT2D eigenvalue weighted by molar-refractivity contribution is 8.16. The predicted octanol–water partition coefficient (Wildman–Crippen LogP) is 2.87. The molecule has 2 amide bonds. The summed E-state index contributed by atoms with van der Waals surface area (Å²) in [6, 6.07) is 2.78. The van der Waals surface area contributed by atoms with Gasteiger partial charge < -0.3 is 24.4 Å². The lowest BCUT2D eigenvalue weighted by atomic mass is 10.2. The molecule has 1 aromatic rings. The molecule has 188 valence electrons. The Hall–Kier alpha value is -2.18. The number of alkyl carbamates (subject to hydrolysis) is 1. The van der Waals surface area contributed by atoms with Gasteiger partial charge in [0.2, 0.25) is 5.91 Å². The van der Waals surface area contributed by atoms with Crippen molar-refractivity contribution in [1.82, 2.24) is 5.32 Å². The number of hydrogen-bond acceptors (Lipinski definition) is 8. The molecule has 2 fully saturated rings.